The molecule has 1 atom stereocenters. The SMILES string of the molecule is O=C(CCCN1CCOCC1)N1CC[C@H]1c1ccc(F)cc1. The van der Waals surface area contributed by atoms with E-state index in [0.29, 0.717) is 6.42 Å². The highest BCUT2D eigenvalue weighted by Gasteiger charge is 2.32. The molecule has 2 saturated heterocycles. The van der Waals surface area contributed by atoms with Crippen LogP contribution in [0.1, 0.15) is 30.9 Å². The van der Waals surface area contributed by atoms with E-state index in [0.717, 1.165) is 57.8 Å². The fourth-order valence-electron chi connectivity index (χ4n) is 3.14. The number of carbonyl (C=O) groups is 1. The highest BCUT2D eigenvalue weighted by atomic mass is 19.1. The van der Waals surface area contributed by atoms with Gasteiger partial charge in [0.15, 0.2) is 0 Å². The van der Waals surface area contributed by atoms with E-state index >= 15 is 0 Å². The second-order valence-corrected chi connectivity index (χ2v) is 6.00. The van der Waals surface area contributed by atoms with Crippen LogP contribution in [-0.2, 0) is 9.53 Å². The number of hydrogen-bond donors (Lipinski definition) is 0. The first-order valence-corrected chi connectivity index (χ1v) is 8.09. The minimum absolute atomic E-state index is 0.136. The van der Waals surface area contributed by atoms with Gasteiger partial charge < -0.3 is 9.64 Å². The predicted octanol–water partition coefficient (Wildman–Crippen LogP) is 2.21. The van der Waals surface area contributed by atoms with Gasteiger partial charge in [-0.1, -0.05) is 12.1 Å². The number of nitrogens with zero attached hydrogens (tertiary/aromatic N) is 2. The maximum atomic E-state index is 13.0. The summed E-state index contributed by atoms with van der Waals surface area (Å²) in [5, 5.41) is 0. The molecule has 22 heavy (non-hydrogen) atoms. The lowest BCUT2D eigenvalue weighted by molar-refractivity contribution is -0.139. The number of ether oxygens (including phenoxy) is 1. The molecule has 2 fully saturated rings. The van der Waals surface area contributed by atoms with Crippen molar-refractivity contribution >= 4 is 5.91 Å². The average molecular weight is 306 g/mol. The number of hydrogen-bond acceptors (Lipinski definition) is 3. The Balaban J connectivity index is 1.44. The maximum Gasteiger partial charge on any atom is 0.223 e. The quantitative estimate of drug-likeness (QED) is 0.836. The lowest BCUT2D eigenvalue weighted by atomic mass is 9.94. The van der Waals surface area contributed by atoms with Crippen molar-refractivity contribution in [2.75, 3.05) is 39.4 Å². The van der Waals surface area contributed by atoms with Crippen LogP contribution < -0.4 is 0 Å². The third-order valence-corrected chi connectivity index (χ3v) is 4.56. The number of halogens is 1. The average Bonchev–Trinajstić information content (AvgIpc) is 2.49. The van der Waals surface area contributed by atoms with E-state index in [2.05, 4.69) is 4.90 Å². The zero-order chi connectivity index (χ0) is 15.4. The second kappa shape index (κ2) is 7.20. The minimum Gasteiger partial charge on any atom is -0.379 e. The van der Waals surface area contributed by atoms with Gasteiger partial charge in [-0.2, -0.15) is 0 Å². The van der Waals surface area contributed by atoms with Crippen LogP contribution in [0.4, 0.5) is 4.39 Å². The van der Waals surface area contributed by atoms with E-state index in [1.807, 2.05) is 4.90 Å². The Morgan fingerprint density at radius 3 is 2.55 bits per heavy atom. The van der Waals surface area contributed by atoms with E-state index in [1.54, 1.807) is 12.1 Å². The van der Waals surface area contributed by atoms with Crippen LogP contribution in [0.2, 0.25) is 0 Å². The first-order chi connectivity index (χ1) is 10.7. The molecule has 4 nitrogen and oxygen atoms in total. The van der Waals surface area contributed by atoms with E-state index in [1.165, 1.54) is 12.1 Å². The fourth-order valence-corrected chi connectivity index (χ4v) is 3.14. The summed E-state index contributed by atoms with van der Waals surface area (Å²) in [4.78, 5) is 16.6. The molecule has 5 heteroatoms. The molecule has 2 aliphatic rings. The van der Waals surface area contributed by atoms with Crippen molar-refractivity contribution < 1.29 is 13.9 Å². The molecule has 2 aliphatic heterocycles. The van der Waals surface area contributed by atoms with Crippen molar-refractivity contribution in [2.24, 2.45) is 0 Å². The molecule has 1 aromatic rings. The molecule has 0 radical (unpaired) electrons. The Kier molecular flexibility index (Phi) is 5.05. The molecule has 1 amide bonds. The standard InChI is InChI=1S/C17H23FN2O2/c18-15-5-3-14(4-6-15)16-7-9-20(16)17(21)2-1-8-19-10-12-22-13-11-19/h3-6,16H,1-2,7-13H2/t16-/m0/s1. The molecule has 1 aromatic carbocycles. The van der Waals surface area contributed by atoms with Crippen LogP contribution >= 0.6 is 0 Å². The molecule has 3 rings (SSSR count). The number of amides is 1. The minimum atomic E-state index is -0.230. The van der Waals surface area contributed by atoms with Gasteiger partial charge >= 0.3 is 0 Å². The van der Waals surface area contributed by atoms with E-state index < -0.39 is 0 Å². The summed E-state index contributed by atoms with van der Waals surface area (Å²) in [7, 11) is 0. The largest absolute Gasteiger partial charge is 0.379 e. The van der Waals surface area contributed by atoms with Gasteiger partial charge in [-0.3, -0.25) is 9.69 Å². The number of carbonyl (C=O) groups excluding carboxylic acids is 1. The van der Waals surface area contributed by atoms with Gasteiger partial charge in [-0.05, 0) is 37.1 Å². The summed E-state index contributed by atoms with van der Waals surface area (Å²) in [6, 6.07) is 6.64. The maximum absolute atomic E-state index is 13.0. The Bertz CT molecular complexity index is 500. The van der Waals surface area contributed by atoms with Crippen molar-refractivity contribution in [1.82, 2.24) is 9.80 Å². The molecule has 0 N–H and O–H groups in total. The summed E-state index contributed by atoms with van der Waals surface area (Å²) in [6.45, 7) is 5.31. The van der Waals surface area contributed by atoms with Gasteiger partial charge in [0.05, 0.1) is 19.3 Å². The molecular formula is C17H23FN2O2. The number of rotatable bonds is 5. The van der Waals surface area contributed by atoms with Crippen LogP contribution in [0, 0.1) is 5.82 Å². The normalized spacial score (nSPS) is 22.4. The van der Waals surface area contributed by atoms with Gasteiger partial charge in [0.1, 0.15) is 5.82 Å². The number of benzene rings is 1. The predicted molar refractivity (Wildman–Crippen MR) is 82.0 cm³/mol. The lowest BCUT2D eigenvalue weighted by Crippen LogP contribution is -2.45. The zero-order valence-corrected chi connectivity index (χ0v) is 12.8. The van der Waals surface area contributed by atoms with Gasteiger partial charge in [0.25, 0.3) is 0 Å². The van der Waals surface area contributed by atoms with Gasteiger partial charge in [0, 0.05) is 26.1 Å². The van der Waals surface area contributed by atoms with Crippen LogP contribution in [0.15, 0.2) is 24.3 Å². The van der Waals surface area contributed by atoms with Crippen molar-refractivity contribution in [3.05, 3.63) is 35.6 Å². The van der Waals surface area contributed by atoms with E-state index in [-0.39, 0.29) is 17.8 Å². The second-order valence-electron chi connectivity index (χ2n) is 6.00. The summed E-state index contributed by atoms with van der Waals surface area (Å²) in [5.74, 6) is -0.0136. The van der Waals surface area contributed by atoms with Crippen molar-refractivity contribution in [3.63, 3.8) is 0 Å². The van der Waals surface area contributed by atoms with Crippen LogP contribution in [-0.4, -0.2) is 55.1 Å². The summed E-state index contributed by atoms with van der Waals surface area (Å²) >= 11 is 0. The van der Waals surface area contributed by atoms with E-state index in [4.69, 9.17) is 4.74 Å². The fraction of sp³-hybridized carbons (Fsp3) is 0.588. The summed E-state index contributed by atoms with van der Waals surface area (Å²) in [5.41, 5.74) is 1.04. The van der Waals surface area contributed by atoms with Crippen molar-refractivity contribution in [3.8, 4) is 0 Å². The monoisotopic (exact) mass is 306 g/mol. The molecule has 0 spiro atoms. The van der Waals surface area contributed by atoms with Crippen molar-refractivity contribution in [2.45, 2.75) is 25.3 Å². The summed E-state index contributed by atoms with van der Waals surface area (Å²) < 4.78 is 18.3. The third-order valence-electron chi connectivity index (χ3n) is 4.56. The first-order valence-electron chi connectivity index (χ1n) is 8.09. The van der Waals surface area contributed by atoms with E-state index in [9.17, 15) is 9.18 Å². The van der Waals surface area contributed by atoms with Crippen molar-refractivity contribution in [1.29, 1.82) is 0 Å². The molecule has 0 aromatic heterocycles. The topological polar surface area (TPSA) is 32.8 Å². The molecule has 0 unspecified atom stereocenters. The first kappa shape index (κ1) is 15.4. The molecule has 120 valence electrons. The molecule has 0 bridgehead atoms. The van der Waals surface area contributed by atoms with Gasteiger partial charge in [-0.25, -0.2) is 4.39 Å². The number of morpholine rings is 1. The summed E-state index contributed by atoms with van der Waals surface area (Å²) in [6.07, 6.45) is 2.46. The van der Waals surface area contributed by atoms with Crippen LogP contribution in [0.5, 0.6) is 0 Å². The molecule has 2 heterocycles. The molecule has 0 aliphatic carbocycles. The molecule has 0 saturated carbocycles. The van der Waals surface area contributed by atoms with Gasteiger partial charge in [0.2, 0.25) is 5.91 Å². The Morgan fingerprint density at radius 1 is 1.18 bits per heavy atom. The smallest absolute Gasteiger partial charge is 0.223 e. The lowest BCUT2D eigenvalue weighted by Gasteiger charge is -2.41. The molecular weight excluding hydrogens is 283 g/mol. The van der Waals surface area contributed by atoms with Gasteiger partial charge in [-0.15, -0.1) is 0 Å². The third kappa shape index (κ3) is 3.65. The van der Waals surface area contributed by atoms with Crippen LogP contribution in [0.3, 0.4) is 0 Å². The highest BCUT2D eigenvalue weighted by Crippen LogP contribution is 2.33. The highest BCUT2D eigenvalue weighted by molar-refractivity contribution is 5.77. The Morgan fingerprint density at radius 2 is 1.91 bits per heavy atom. The van der Waals surface area contributed by atoms with Crippen LogP contribution in [0.25, 0.3) is 0 Å². The zero-order valence-electron chi connectivity index (χ0n) is 12.8. The number of likely N-dealkylation sites (tertiary alicyclic amines) is 1. The Labute approximate surface area is 130 Å². The Hall–Kier alpha value is -1.46.